The number of aromatic nitrogens is 1. The summed E-state index contributed by atoms with van der Waals surface area (Å²) in [6.07, 6.45) is 0. The average molecular weight is 1360 g/mol. The van der Waals surface area contributed by atoms with Crippen molar-refractivity contribution in [1.82, 2.24) is 19.7 Å². The molecule has 27 heteroatoms. The summed E-state index contributed by atoms with van der Waals surface area (Å²) >= 11 is 0. The van der Waals surface area contributed by atoms with E-state index in [9.17, 15) is 35.4 Å². The zero-order valence-corrected chi connectivity index (χ0v) is 57.2. The average Bonchev–Trinajstić information content (AvgIpc) is 0.807. The van der Waals surface area contributed by atoms with Gasteiger partial charge < -0.3 is 68.9 Å². The number of aliphatic hydroxyl groups excluding tert-OH is 3. The lowest BCUT2D eigenvalue weighted by atomic mass is 10.1. The van der Waals surface area contributed by atoms with Crippen molar-refractivity contribution in [2.75, 3.05) is 255 Å². The highest BCUT2D eigenvalue weighted by atomic mass is 16.6. The molecular weight excluding hydrogens is 1260 g/mol. The summed E-state index contributed by atoms with van der Waals surface area (Å²) in [4.78, 5) is 66.0. The second-order valence-electron chi connectivity index (χ2n) is 25.5. The molecule has 13 rings (SSSR count). The molecule has 0 atom stereocenters. The highest BCUT2D eigenvalue weighted by molar-refractivity contribution is 5.92. The number of β-amino-alcohol motifs (C(OH)–C–C–N with tert-alkyl or cyclic N) is 3. The molecule has 6 aliphatic rings. The number of fused-ring (bicyclic) bond motifs is 1. The summed E-state index contributed by atoms with van der Waals surface area (Å²) in [6.45, 7) is 23.9. The Kier molecular flexibility index (Phi) is 24.2. The molecule has 3 N–H and O–H groups in total. The number of pyridine rings is 1. The smallest absolute Gasteiger partial charge is 0.292 e. The van der Waals surface area contributed by atoms with Gasteiger partial charge in [0.15, 0.2) is 0 Å². The highest BCUT2D eigenvalue weighted by Crippen LogP contribution is 2.39. The Bertz CT molecular complexity index is 3810. The van der Waals surface area contributed by atoms with E-state index in [1.165, 1.54) is 5.69 Å². The first-order chi connectivity index (χ1) is 48.2. The van der Waals surface area contributed by atoms with E-state index in [2.05, 4.69) is 75.9 Å². The molecule has 6 aromatic carbocycles. The topological polar surface area (TPSA) is 260 Å². The lowest BCUT2D eigenvalue weighted by Gasteiger charge is -2.39. The molecule has 6 aliphatic heterocycles. The van der Waals surface area contributed by atoms with Gasteiger partial charge in [-0.2, -0.15) is 0 Å². The predicted molar refractivity (Wildman–Crippen MR) is 392 cm³/mol. The molecule has 6 saturated heterocycles. The first-order valence-corrected chi connectivity index (χ1v) is 34.5. The van der Waals surface area contributed by atoms with Crippen molar-refractivity contribution in [3.63, 3.8) is 0 Å². The molecule has 0 spiro atoms. The first-order valence-electron chi connectivity index (χ1n) is 34.5. The van der Waals surface area contributed by atoms with Gasteiger partial charge in [-0.15, -0.1) is 0 Å². The van der Waals surface area contributed by atoms with Crippen LogP contribution in [0.25, 0.3) is 10.9 Å². The molecule has 1 aromatic heterocycles. The van der Waals surface area contributed by atoms with Crippen LogP contribution in [0.1, 0.15) is 5.69 Å². The van der Waals surface area contributed by atoms with E-state index in [1.807, 2.05) is 110 Å². The number of anilines is 9. The lowest BCUT2D eigenvalue weighted by Crippen LogP contribution is -2.48. The number of nitro benzene ring substituents is 3. The Morgan fingerprint density at radius 1 is 0.364 bits per heavy atom. The van der Waals surface area contributed by atoms with Crippen LogP contribution in [0.3, 0.4) is 0 Å². The number of methoxy groups -OCH3 is 2. The number of rotatable bonds is 20. The van der Waals surface area contributed by atoms with Gasteiger partial charge in [-0.1, -0.05) is 30.3 Å². The van der Waals surface area contributed by atoms with Gasteiger partial charge in [0.1, 0.15) is 28.6 Å². The maximum atomic E-state index is 11.9. The van der Waals surface area contributed by atoms with Gasteiger partial charge in [0.2, 0.25) is 0 Å². The Morgan fingerprint density at radius 2 is 0.687 bits per heavy atom. The van der Waals surface area contributed by atoms with Crippen LogP contribution in [0.5, 0.6) is 11.5 Å². The molecular formula is C72H94N16O11. The summed E-state index contributed by atoms with van der Waals surface area (Å²) < 4.78 is 10.7. The number of para-hydroxylation sites is 3. The molecule has 6 fully saturated rings. The molecule has 528 valence electrons. The Hall–Kier alpha value is -9.51. The Balaban J connectivity index is 0.000000150. The number of nitrogens with zero attached hydrogens (tertiary/aromatic N) is 16. The molecule has 0 aliphatic carbocycles. The number of nitro groups is 3. The van der Waals surface area contributed by atoms with Gasteiger partial charge in [-0.3, -0.25) is 50.0 Å². The largest absolute Gasteiger partial charge is 0.497 e. The molecule has 7 heterocycles. The van der Waals surface area contributed by atoms with E-state index < -0.39 is 0 Å². The van der Waals surface area contributed by atoms with Gasteiger partial charge in [0, 0.05) is 234 Å². The van der Waals surface area contributed by atoms with E-state index in [1.54, 1.807) is 32.4 Å². The molecule has 0 saturated carbocycles. The summed E-state index contributed by atoms with van der Waals surface area (Å²) in [5.41, 5.74) is 10.9. The fraction of sp³-hybridized carbons (Fsp3) is 0.458. The number of ether oxygens (including phenoxy) is 2. The van der Waals surface area contributed by atoms with Gasteiger partial charge in [0.25, 0.3) is 17.1 Å². The first kappa shape index (κ1) is 70.8. The van der Waals surface area contributed by atoms with Crippen molar-refractivity contribution in [2.24, 2.45) is 0 Å². The Labute approximate surface area is 578 Å². The number of piperazine rings is 6. The van der Waals surface area contributed by atoms with Gasteiger partial charge in [0.05, 0.1) is 60.0 Å². The second-order valence-corrected chi connectivity index (χ2v) is 25.5. The molecule has 7 aromatic rings. The number of aliphatic hydroxyl groups is 3. The molecule has 0 radical (unpaired) electrons. The molecule has 99 heavy (non-hydrogen) atoms. The van der Waals surface area contributed by atoms with Crippen molar-refractivity contribution in [3.8, 4) is 11.5 Å². The van der Waals surface area contributed by atoms with E-state index in [0.717, 1.165) is 187 Å². The van der Waals surface area contributed by atoms with Crippen LogP contribution in [-0.2, 0) is 0 Å². The third-order valence-corrected chi connectivity index (χ3v) is 19.8. The molecule has 0 bridgehead atoms. The van der Waals surface area contributed by atoms with E-state index >= 15 is 0 Å². The number of hydrogen-bond donors (Lipinski definition) is 3. The van der Waals surface area contributed by atoms with Crippen molar-refractivity contribution >= 4 is 79.2 Å². The van der Waals surface area contributed by atoms with Crippen molar-refractivity contribution < 1.29 is 39.6 Å². The SMILES string of the molecule is COc1ccc(N2CCN(c3cc(N4CCN(CCO)CC4)ccc3[N+](=O)[O-])CC2)cc1.COc1ccccc1N1CCN(c2cc(N3CCN(CCO)CC3)ccc2[N+](=O)[O-])CC1.Cc1cc(N2CCN(c3cc(N4CCN(CCO)CC4)ccc3[N+](=O)[O-])CC2)c2ccccc2n1. The van der Waals surface area contributed by atoms with Crippen molar-refractivity contribution in [1.29, 1.82) is 0 Å². The molecule has 0 amide bonds. The van der Waals surface area contributed by atoms with Crippen LogP contribution < -0.4 is 53.6 Å². The van der Waals surface area contributed by atoms with Crippen molar-refractivity contribution in [2.45, 2.75) is 6.92 Å². The molecule has 27 nitrogen and oxygen atoms in total. The summed E-state index contributed by atoms with van der Waals surface area (Å²) in [6, 6.07) is 42.7. The third-order valence-electron chi connectivity index (χ3n) is 19.8. The van der Waals surface area contributed by atoms with E-state index in [-0.39, 0.29) is 51.7 Å². The zero-order chi connectivity index (χ0) is 69.4. The number of hydrogen-bond acceptors (Lipinski definition) is 24. The van der Waals surface area contributed by atoms with Crippen LogP contribution in [0, 0.1) is 37.3 Å². The fourth-order valence-corrected chi connectivity index (χ4v) is 14.3. The third kappa shape index (κ3) is 17.5. The number of benzene rings is 6. The van der Waals surface area contributed by atoms with E-state index in [4.69, 9.17) is 19.7 Å². The monoisotopic (exact) mass is 1360 g/mol. The minimum atomic E-state index is -0.287. The normalized spacial score (nSPS) is 17.4. The standard InChI is InChI=1S/C26H32N6O3.2C23H31N5O4/c1-20-18-25(22-4-2-3-5-23(22)27-20)30-12-14-31(15-13-30)26-19-21(6-7-24(26)32(34)35)29-10-8-28(9-11-29)16-17-33;1-32-21-5-2-19(3-6-21)25-12-14-27(15-13-25)23-18-20(4-7-22(23)28(30)31)26-10-8-24(9-11-26)16-17-29;1-32-23-5-3-2-4-21(23)26-12-14-27(15-13-26)22-18-19(6-7-20(22)28(30)31)25-10-8-24(9-11-25)16-17-29/h2-7,18-19,33H,8-17H2,1H3;2*2-7,18,29H,8-17H2,1H3. The van der Waals surface area contributed by atoms with Crippen molar-refractivity contribution in [3.05, 3.63) is 169 Å². The quantitative estimate of drug-likeness (QED) is 0.0513. The number of aryl methyl sites for hydroxylation is 1. The minimum absolute atomic E-state index is 0.151. The van der Waals surface area contributed by atoms with Crippen LogP contribution in [0.4, 0.5) is 68.2 Å². The summed E-state index contributed by atoms with van der Waals surface area (Å²) in [5.74, 6) is 1.67. The van der Waals surface area contributed by atoms with Crippen LogP contribution in [0.15, 0.2) is 133 Å². The maximum absolute atomic E-state index is 11.9. The predicted octanol–water partition coefficient (Wildman–Crippen LogP) is 6.98. The maximum Gasteiger partial charge on any atom is 0.292 e. The minimum Gasteiger partial charge on any atom is -0.497 e. The lowest BCUT2D eigenvalue weighted by molar-refractivity contribution is -0.384. The van der Waals surface area contributed by atoms with Gasteiger partial charge in [-0.05, 0) is 91.9 Å². The van der Waals surface area contributed by atoms with Crippen LogP contribution in [-0.4, -0.2) is 261 Å². The second kappa shape index (κ2) is 33.8. The fourth-order valence-electron chi connectivity index (χ4n) is 14.3. The zero-order valence-electron chi connectivity index (χ0n) is 57.2. The Morgan fingerprint density at radius 3 is 1.06 bits per heavy atom. The highest BCUT2D eigenvalue weighted by Gasteiger charge is 2.31. The van der Waals surface area contributed by atoms with Crippen LogP contribution >= 0.6 is 0 Å². The van der Waals surface area contributed by atoms with Crippen LogP contribution in [0.2, 0.25) is 0 Å². The molecule has 0 unspecified atom stereocenters. The van der Waals surface area contributed by atoms with Gasteiger partial charge in [-0.25, -0.2) is 0 Å². The van der Waals surface area contributed by atoms with Gasteiger partial charge >= 0.3 is 0 Å². The summed E-state index contributed by atoms with van der Waals surface area (Å²) in [5, 5.41) is 63.9. The van der Waals surface area contributed by atoms with E-state index in [0.29, 0.717) is 62.9 Å². The summed E-state index contributed by atoms with van der Waals surface area (Å²) in [7, 11) is 3.33.